The Labute approximate surface area is 162 Å². The number of hydrogen-bond acceptors (Lipinski definition) is 4. The molecule has 0 saturated carbocycles. The zero-order chi connectivity index (χ0) is 19.9. The number of carbonyl (C=O) groups is 1. The first-order valence-electron chi connectivity index (χ1n) is 8.34. The van der Waals surface area contributed by atoms with E-state index in [1.54, 1.807) is 36.4 Å². The lowest BCUT2D eigenvalue weighted by Crippen LogP contribution is -2.36. The molecule has 4 rings (SSSR count). The Bertz CT molecular complexity index is 983. The number of aromatic nitrogens is 2. The zero-order valence-corrected chi connectivity index (χ0v) is 15.0. The molecule has 28 heavy (non-hydrogen) atoms. The lowest BCUT2D eigenvalue weighted by atomic mass is 10.0. The van der Waals surface area contributed by atoms with Crippen molar-refractivity contribution in [2.45, 2.75) is 24.7 Å². The van der Waals surface area contributed by atoms with Crippen LogP contribution in [0.5, 0.6) is 0 Å². The van der Waals surface area contributed by atoms with Crippen LogP contribution in [0.25, 0.3) is 0 Å². The molecular formula is C18H14ClF3N4O2. The number of nitrogens with zero attached hydrogens (tertiary/aromatic N) is 2. The number of alkyl halides is 3. The fraction of sp³-hybridized carbons (Fsp3) is 0.222. The molecule has 146 valence electrons. The largest absolute Gasteiger partial charge is 0.467 e. The minimum Gasteiger partial charge on any atom is -0.467 e. The number of carbonyl (C=O) groups excluding carboxylic acids is 1. The molecule has 0 radical (unpaired) electrons. The first-order valence-corrected chi connectivity index (χ1v) is 8.72. The zero-order valence-electron chi connectivity index (χ0n) is 14.2. The molecule has 3 heterocycles. The van der Waals surface area contributed by atoms with Crippen molar-refractivity contribution in [1.29, 1.82) is 0 Å². The summed E-state index contributed by atoms with van der Waals surface area (Å²) in [5.74, 6) is -0.246. The predicted molar refractivity (Wildman–Crippen MR) is 96.4 cm³/mol. The highest BCUT2D eigenvalue weighted by atomic mass is 35.5. The lowest BCUT2D eigenvalue weighted by Gasteiger charge is -2.32. The van der Waals surface area contributed by atoms with Crippen LogP contribution < -0.4 is 10.6 Å². The van der Waals surface area contributed by atoms with E-state index >= 15 is 0 Å². The van der Waals surface area contributed by atoms with Gasteiger partial charge in [-0.2, -0.15) is 18.3 Å². The van der Waals surface area contributed by atoms with Crippen LogP contribution in [0.3, 0.4) is 0 Å². The normalized spacial score (nSPS) is 19.0. The summed E-state index contributed by atoms with van der Waals surface area (Å²) in [4.78, 5) is 12.6. The monoisotopic (exact) mass is 410 g/mol. The Morgan fingerprint density at radius 2 is 2.04 bits per heavy atom. The van der Waals surface area contributed by atoms with Crippen molar-refractivity contribution < 1.29 is 22.4 Å². The Kier molecular flexibility index (Phi) is 4.54. The van der Waals surface area contributed by atoms with E-state index in [0.717, 1.165) is 10.9 Å². The van der Waals surface area contributed by atoms with Crippen LogP contribution in [-0.2, 0) is 0 Å². The molecule has 6 nitrogen and oxygen atoms in total. The van der Waals surface area contributed by atoms with Gasteiger partial charge in [-0.15, -0.1) is 0 Å². The summed E-state index contributed by atoms with van der Waals surface area (Å²) in [5, 5.41) is 9.90. The molecule has 0 bridgehead atoms. The molecule has 0 aliphatic carbocycles. The molecule has 0 fully saturated rings. The summed E-state index contributed by atoms with van der Waals surface area (Å²) in [7, 11) is 0. The van der Waals surface area contributed by atoms with Gasteiger partial charge in [0.05, 0.1) is 18.5 Å². The minimum absolute atomic E-state index is 0.000422. The van der Waals surface area contributed by atoms with Crippen LogP contribution in [0.15, 0.2) is 53.3 Å². The van der Waals surface area contributed by atoms with Crippen LogP contribution in [0, 0.1) is 0 Å². The van der Waals surface area contributed by atoms with Gasteiger partial charge in [0.25, 0.3) is 5.91 Å². The third kappa shape index (κ3) is 3.45. The average molecular weight is 411 g/mol. The van der Waals surface area contributed by atoms with E-state index in [1.165, 1.54) is 6.26 Å². The van der Waals surface area contributed by atoms with Crippen LogP contribution in [0.1, 0.15) is 34.6 Å². The Hall–Kier alpha value is -2.94. The van der Waals surface area contributed by atoms with E-state index in [2.05, 4.69) is 15.7 Å². The van der Waals surface area contributed by atoms with Crippen molar-refractivity contribution in [2.75, 3.05) is 10.6 Å². The Morgan fingerprint density at radius 1 is 1.29 bits per heavy atom. The number of furan rings is 1. The molecule has 1 amide bonds. The van der Waals surface area contributed by atoms with Crippen molar-refractivity contribution in [3.8, 4) is 0 Å². The highest BCUT2D eigenvalue weighted by molar-refractivity contribution is 6.30. The molecule has 1 aliphatic rings. The van der Waals surface area contributed by atoms with Gasteiger partial charge in [-0.05, 0) is 36.4 Å². The number of halogens is 4. The van der Waals surface area contributed by atoms with Gasteiger partial charge in [-0.3, -0.25) is 4.79 Å². The molecule has 1 aromatic carbocycles. The van der Waals surface area contributed by atoms with Gasteiger partial charge in [0.15, 0.2) is 6.04 Å². The summed E-state index contributed by atoms with van der Waals surface area (Å²) >= 11 is 5.81. The molecule has 10 heteroatoms. The van der Waals surface area contributed by atoms with Gasteiger partial charge in [0.1, 0.15) is 17.1 Å². The second-order valence-corrected chi connectivity index (χ2v) is 6.75. The second-order valence-electron chi connectivity index (χ2n) is 6.32. The minimum atomic E-state index is -4.53. The molecule has 2 N–H and O–H groups in total. The molecule has 0 spiro atoms. The van der Waals surface area contributed by atoms with Crippen molar-refractivity contribution in [3.63, 3.8) is 0 Å². The van der Waals surface area contributed by atoms with Gasteiger partial charge in [0.2, 0.25) is 0 Å². The van der Waals surface area contributed by atoms with E-state index < -0.39 is 24.2 Å². The van der Waals surface area contributed by atoms with Crippen molar-refractivity contribution in [3.05, 3.63) is 65.2 Å². The quantitative estimate of drug-likeness (QED) is 0.634. The molecule has 2 aromatic heterocycles. The van der Waals surface area contributed by atoms with E-state index in [9.17, 15) is 18.0 Å². The SMILES string of the molecule is O=C(Nc1ccc(Cl)cc1)c1cnn2c1N[C@H](c1ccco1)C[C@H]2C(F)(F)F. The highest BCUT2D eigenvalue weighted by Gasteiger charge is 2.47. The van der Waals surface area contributed by atoms with Crippen LogP contribution >= 0.6 is 11.6 Å². The fourth-order valence-electron chi connectivity index (χ4n) is 3.14. The molecule has 0 saturated heterocycles. The van der Waals surface area contributed by atoms with Crippen LogP contribution in [0.2, 0.25) is 5.02 Å². The maximum Gasteiger partial charge on any atom is 0.410 e. The topological polar surface area (TPSA) is 72.1 Å². The van der Waals surface area contributed by atoms with E-state index in [4.69, 9.17) is 16.0 Å². The first-order chi connectivity index (χ1) is 13.3. The molecule has 3 aromatic rings. The average Bonchev–Trinajstić information content (AvgIpc) is 3.31. The number of nitrogens with one attached hydrogen (secondary N) is 2. The number of hydrogen-bond donors (Lipinski definition) is 2. The summed E-state index contributed by atoms with van der Waals surface area (Å²) in [6.45, 7) is 0. The van der Waals surface area contributed by atoms with E-state index in [1.807, 2.05) is 0 Å². The molecule has 1 aliphatic heterocycles. The number of fused-ring (bicyclic) bond motifs is 1. The number of benzene rings is 1. The Balaban J connectivity index is 1.67. The van der Waals surface area contributed by atoms with Gasteiger partial charge in [-0.25, -0.2) is 4.68 Å². The van der Waals surface area contributed by atoms with Crippen LogP contribution in [0.4, 0.5) is 24.7 Å². The standard InChI is InChI=1S/C18H14ClF3N4O2/c19-10-3-5-11(6-4-10)24-17(27)12-9-23-26-15(18(20,21)22)8-13(25-16(12)26)14-2-1-7-28-14/h1-7,9,13,15,25H,8H2,(H,24,27)/t13-,15-/m0/s1. The number of amides is 1. The maximum absolute atomic E-state index is 13.6. The lowest BCUT2D eigenvalue weighted by molar-refractivity contribution is -0.174. The fourth-order valence-corrected chi connectivity index (χ4v) is 3.26. The summed E-state index contributed by atoms with van der Waals surface area (Å²) in [6, 6.07) is 6.93. The first kappa shape index (κ1) is 18.4. The third-order valence-electron chi connectivity index (χ3n) is 4.47. The molecule has 0 unspecified atom stereocenters. The third-order valence-corrected chi connectivity index (χ3v) is 4.72. The maximum atomic E-state index is 13.6. The van der Waals surface area contributed by atoms with E-state index in [0.29, 0.717) is 16.5 Å². The van der Waals surface area contributed by atoms with Crippen molar-refractivity contribution in [1.82, 2.24) is 9.78 Å². The highest BCUT2D eigenvalue weighted by Crippen LogP contribution is 2.44. The summed E-state index contributed by atoms with van der Waals surface area (Å²) in [5.41, 5.74) is 0.459. The number of rotatable bonds is 3. The van der Waals surface area contributed by atoms with Gasteiger partial charge in [-0.1, -0.05) is 11.6 Å². The molecular weight excluding hydrogens is 397 g/mol. The Morgan fingerprint density at radius 3 is 2.68 bits per heavy atom. The number of anilines is 2. The van der Waals surface area contributed by atoms with Gasteiger partial charge in [0, 0.05) is 17.1 Å². The van der Waals surface area contributed by atoms with Crippen molar-refractivity contribution >= 4 is 29.0 Å². The van der Waals surface area contributed by atoms with Crippen LogP contribution in [-0.4, -0.2) is 21.9 Å². The van der Waals surface area contributed by atoms with E-state index in [-0.39, 0.29) is 17.8 Å². The van der Waals surface area contributed by atoms with Crippen molar-refractivity contribution in [2.24, 2.45) is 0 Å². The predicted octanol–water partition coefficient (Wildman–Crippen LogP) is 5.04. The smallest absolute Gasteiger partial charge is 0.410 e. The second kappa shape index (κ2) is 6.90. The summed E-state index contributed by atoms with van der Waals surface area (Å²) < 4.78 is 46.9. The van der Waals surface area contributed by atoms with Gasteiger partial charge < -0.3 is 15.1 Å². The van der Waals surface area contributed by atoms with Gasteiger partial charge >= 0.3 is 6.18 Å². The molecule has 2 atom stereocenters. The summed E-state index contributed by atoms with van der Waals surface area (Å²) in [6.07, 6.45) is -2.32.